The number of hydrogen-bond acceptors (Lipinski definition) is 7. The van der Waals surface area contributed by atoms with E-state index in [1.807, 2.05) is 18.5 Å². The Bertz CT molecular complexity index is 1040. The smallest absolute Gasteiger partial charge is 0.276 e. The number of carbonyl (C=O) groups is 1. The van der Waals surface area contributed by atoms with Crippen LogP contribution in [0.4, 0.5) is 5.69 Å². The number of thioether (sulfide) groups is 1. The molecule has 148 valence electrons. The minimum Gasteiger partial charge on any atom is -0.411 e. The number of fused-ring (bicyclic) bond motifs is 1. The SMILES string of the molecule is CSc1nnc(-c2cc3c(N[C@@H]4CC[C@@H](C)C4(C)C)c(C(N)=O)cnn3c2)o1. The van der Waals surface area contributed by atoms with E-state index in [1.54, 1.807) is 4.52 Å². The van der Waals surface area contributed by atoms with Gasteiger partial charge in [0.2, 0.25) is 5.89 Å². The lowest BCUT2D eigenvalue weighted by atomic mass is 9.80. The molecule has 0 unspecified atom stereocenters. The second kappa shape index (κ2) is 6.80. The molecule has 3 N–H and O–H groups in total. The van der Waals surface area contributed by atoms with Crippen LogP contribution < -0.4 is 11.1 Å². The van der Waals surface area contributed by atoms with E-state index < -0.39 is 5.91 Å². The van der Waals surface area contributed by atoms with Crippen molar-refractivity contribution >= 4 is 28.9 Å². The van der Waals surface area contributed by atoms with Gasteiger partial charge in [-0.25, -0.2) is 4.52 Å². The van der Waals surface area contributed by atoms with E-state index in [1.165, 1.54) is 18.0 Å². The molecule has 1 aliphatic rings. The zero-order valence-electron chi connectivity index (χ0n) is 16.4. The third-order valence-corrected chi connectivity index (χ3v) is 6.62. The quantitative estimate of drug-likeness (QED) is 0.631. The van der Waals surface area contributed by atoms with E-state index in [0.29, 0.717) is 28.3 Å². The number of rotatable bonds is 5. The van der Waals surface area contributed by atoms with Crippen LogP contribution in [-0.2, 0) is 0 Å². The molecule has 8 nitrogen and oxygen atoms in total. The molecule has 0 aliphatic heterocycles. The molecular weight excluding hydrogens is 376 g/mol. The van der Waals surface area contributed by atoms with Crippen molar-refractivity contribution in [2.45, 2.75) is 44.9 Å². The molecular formula is C19H24N6O2S. The average molecular weight is 401 g/mol. The second-order valence-corrected chi connectivity index (χ2v) is 8.69. The molecule has 3 aromatic rings. The van der Waals surface area contributed by atoms with Crippen molar-refractivity contribution in [3.63, 3.8) is 0 Å². The zero-order chi connectivity index (χ0) is 20.1. The Morgan fingerprint density at radius 2 is 2.18 bits per heavy atom. The summed E-state index contributed by atoms with van der Waals surface area (Å²) in [7, 11) is 0. The summed E-state index contributed by atoms with van der Waals surface area (Å²) in [5.74, 6) is 0.494. The molecule has 1 aliphatic carbocycles. The minimum atomic E-state index is -0.508. The highest BCUT2D eigenvalue weighted by atomic mass is 32.2. The van der Waals surface area contributed by atoms with Gasteiger partial charge in [0.05, 0.1) is 28.5 Å². The van der Waals surface area contributed by atoms with Crippen molar-refractivity contribution in [3.8, 4) is 11.5 Å². The summed E-state index contributed by atoms with van der Waals surface area (Å²) in [6.07, 6.45) is 7.37. The van der Waals surface area contributed by atoms with Crippen molar-refractivity contribution in [2.75, 3.05) is 11.6 Å². The first-order valence-corrected chi connectivity index (χ1v) is 10.5. The molecule has 3 aromatic heterocycles. The van der Waals surface area contributed by atoms with Gasteiger partial charge in [0.15, 0.2) is 0 Å². The molecule has 0 bridgehead atoms. The van der Waals surface area contributed by atoms with E-state index in [0.717, 1.165) is 23.9 Å². The fourth-order valence-corrected chi connectivity index (χ4v) is 4.14. The number of anilines is 1. The fourth-order valence-electron chi connectivity index (χ4n) is 3.86. The number of nitrogens with one attached hydrogen (secondary N) is 1. The van der Waals surface area contributed by atoms with Gasteiger partial charge < -0.3 is 15.5 Å². The Morgan fingerprint density at radius 1 is 1.39 bits per heavy atom. The van der Waals surface area contributed by atoms with Crippen molar-refractivity contribution in [3.05, 3.63) is 24.0 Å². The topological polar surface area (TPSA) is 111 Å². The molecule has 0 saturated heterocycles. The Morgan fingerprint density at radius 3 is 2.79 bits per heavy atom. The number of aromatic nitrogens is 4. The Balaban J connectivity index is 1.80. The molecule has 0 aromatic carbocycles. The van der Waals surface area contributed by atoms with Crippen molar-refractivity contribution in [1.29, 1.82) is 0 Å². The van der Waals surface area contributed by atoms with Gasteiger partial charge in [-0.15, -0.1) is 10.2 Å². The summed E-state index contributed by atoms with van der Waals surface area (Å²) in [6, 6.07) is 2.13. The molecule has 1 fully saturated rings. The Labute approximate surface area is 167 Å². The Hall–Kier alpha value is -2.55. The monoisotopic (exact) mass is 400 g/mol. The van der Waals surface area contributed by atoms with Crippen molar-refractivity contribution in [1.82, 2.24) is 19.8 Å². The van der Waals surface area contributed by atoms with Crippen LogP contribution in [0.5, 0.6) is 0 Å². The molecule has 2 atom stereocenters. The number of nitrogens with two attached hydrogens (primary N) is 1. The number of carbonyl (C=O) groups excluding carboxylic acids is 1. The summed E-state index contributed by atoms with van der Waals surface area (Å²) < 4.78 is 7.34. The van der Waals surface area contributed by atoms with Crippen LogP contribution in [-0.4, -0.2) is 38.0 Å². The van der Waals surface area contributed by atoms with Crippen LogP contribution in [0, 0.1) is 11.3 Å². The molecule has 9 heteroatoms. The lowest BCUT2D eigenvalue weighted by Gasteiger charge is -2.33. The molecule has 3 heterocycles. The van der Waals surface area contributed by atoms with Gasteiger partial charge in [0, 0.05) is 12.2 Å². The van der Waals surface area contributed by atoms with E-state index in [9.17, 15) is 4.79 Å². The summed E-state index contributed by atoms with van der Waals surface area (Å²) in [6.45, 7) is 6.79. The summed E-state index contributed by atoms with van der Waals surface area (Å²) in [4.78, 5) is 12.1. The maximum atomic E-state index is 12.1. The first-order chi connectivity index (χ1) is 13.3. The van der Waals surface area contributed by atoms with E-state index >= 15 is 0 Å². The number of amides is 1. The van der Waals surface area contributed by atoms with Crippen LogP contribution in [0.15, 0.2) is 28.1 Å². The van der Waals surface area contributed by atoms with Crippen LogP contribution in [0.25, 0.3) is 17.0 Å². The van der Waals surface area contributed by atoms with Gasteiger partial charge >= 0.3 is 0 Å². The van der Waals surface area contributed by atoms with Crippen LogP contribution in [0.2, 0.25) is 0 Å². The van der Waals surface area contributed by atoms with Crippen LogP contribution >= 0.6 is 11.8 Å². The maximum Gasteiger partial charge on any atom is 0.276 e. The molecule has 1 saturated carbocycles. The van der Waals surface area contributed by atoms with Crippen molar-refractivity contribution < 1.29 is 9.21 Å². The predicted molar refractivity (Wildman–Crippen MR) is 108 cm³/mol. The van der Waals surface area contributed by atoms with E-state index in [4.69, 9.17) is 10.2 Å². The third kappa shape index (κ3) is 3.03. The van der Waals surface area contributed by atoms with Crippen LogP contribution in [0.3, 0.4) is 0 Å². The van der Waals surface area contributed by atoms with Gasteiger partial charge in [-0.05, 0) is 36.5 Å². The minimum absolute atomic E-state index is 0.102. The standard InChI is InChI=1S/C19H24N6O2S/c1-10-5-6-14(19(10,2)3)22-15-12(16(20)26)8-21-25-9-11(7-13(15)25)17-23-24-18(27-17)28-4/h7-10,14,22H,5-6H2,1-4H3,(H2,20,26)/t10-,14-/m1/s1. The first kappa shape index (κ1) is 18.8. The van der Waals surface area contributed by atoms with Gasteiger partial charge in [0.25, 0.3) is 11.1 Å². The van der Waals surface area contributed by atoms with Gasteiger partial charge in [0.1, 0.15) is 0 Å². The predicted octanol–water partition coefficient (Wildman–Crippen LogP) is 3.44. The third-order valence-electron chi connectivity index (χ3n) is 6.11. The fraction of sp³-hybridized carbons (Fsp3) is 0.474. The molecule has 1 amide bonds. The molecule has 4 rings (SSSR count). The van der Waals surface area contributed by atoms with E-state index in [2.05, 4.69) is 41.4 Å². The average Bonchev–Trinajstić information content (AvgIpc) is 3.35. The highest BCUT2D eigenvalue weighted by molar-refractivity contribution is 7.98. The van der Waals surface area contributed by atoms with Crippen molar-refractivity contribution in [2.24, 2.45) is 17.1 Å². The van der Waals surface area contributed by atoms with Gasteiger partial charge in [-0.2, -0.15) is 5.10 Å². The number of hydrogen-bond donors (Lipinski definition) is 2. The van der Waals surface area contributed by atoms with Gasteiger partial charge in [-0.1, -0.05) is 32.5 Å². The summed E-state index contributed by atoms with van der Waals surface area (Å²) in [5, 5.41) is 16.5. The molecule has 0 radical (unpaired) electrons. The number of nitrogens with zero attached hydrogens (tertiary/aromatic N) is 4. The largest absolute Gasteiger partial charge is 0.411 e. The maximum absolute atomic E-state index is 12.1. The zero-order valence-corrected chi connectivity index (χ0v) is 17.2. The lowest BCUT2D eigenvalue weighted by Crippen LogP contribution is -2.35. The Kier molecular flexibility index (Phi) is 4.57. The summed E-state index contributed by atoms with van der Waals surface area (Å²) in [5.41, 5.74) is 8.32. The normalized spacial score (nSPS) is 21.3. The first-order valence-electron chi connectivity index (χ1n) is 9.27. The summed E-state index contributed by atoms with van der Waals surface area (Å²) >= 11 is 1.39. The van der Waals surface area contributed by atoms with E-state index in [-0.39, 0.29) is 11.5 Å². The molecule has 0 spiro atoms. The molecule has 28 heavy (non-hydrogen) atoms. The lowest BCUT2D eigenvalue weighted by molar-refractivity contribution is 0.100. The number of primary amides is 1. The van der Waals surface area contributed by atoms with Gasteiger partial charge in [-0.3, -0.25) is 4.79 Å². The highest BCUT2D eigenvalue weighted by Crippen LogP contribution is 2.44. The van der Waals surface area contributed by atoms with Crippen LogP contribution in [0.1, 0.15) is 44.0 Å². The highest BCUT2D eigenvalue weighted by Gasteiger charge is 2.41. The second-order valence-electron chi connectivity index (χ2n) is 7.93.